The summed E-state index contributed by atoms with van der Waals surface area (Å²) in [6.07, 6.45) is 9.89. The van der Waals surface area contributed by atoms with Crippen LogP contribution in [0.15, 0.2) is 0 Å². The van der Waals surface area contributed by atoms with Crippen LogP contribution in [0.3, 0.4) is 0 Å². The predicted molar refractivity (Wildman–Crippen MR) is 102 cm³/mol. The molecule has 0 aromatic heterocycles. The summed E-state index contributed by atoms with van der Waals surface area (Å²) in [5.41, 5.74) is -0.385. The highest BCUT2D eigenvalue weighted by Gasteiger charge is 2.68. The summed E-state index contributed by atoms with van der Waals surface area (Å²) in [5.74, 6) is 2.24. The molecule has 5 fully saturated rings. The minimum absolute atomic E-state index is 0.0542. The lowest BCUT2D eigenvalue weighted by molar-refractivity contribution is -0.213. The lowest BCUT2D eigenvalue weighted by atomic mass is 9.43. The first-order valence-corrected chi connectivity index (χ1v) is 11.3. The van der Waals surface area contributed by atoms with Gasteiger partial charge in [0.25, 0.3) is 0 Å². The molecular formula is C23H36O4. The van der Waals surface area contributed by atoms with Crippen molar-refractivity contribution in [1.29, 1.82) is 0 Å². The van der Waals surface area contributed by atoms with Gasteiger partial charge in [0.15, 0.2) is 0 Å². The number of hydrogen-bond donors (Lipinski definition) is 2. The topological polar surface area (TPSA) is 66.8 Å². The highest BCUT2D eigenvalue weighted by atomic mass is 16.5. The van der Waals surface area contributed by atoms with Gasteiger partial charge in [-0.3, -0.25) is 4.79 Å². The number of cyclic esters (lactones) is 1. The van der Waals surface area contributed by atoms with Crippen LogP contribution in [-0.4, -0.2) is 34.5 Å². The number of carbonyl (C=O) groups excluding carboxylic acids is 1. The van der Waals surface area contributed by atoms with E-state index in [2.05, 4.69) is 13.8 Å². The van der Waals surface area contributed by atoms with Crippen LogP contribution < -0.4 is 0 Å². The van der Waals surface area contributed by atoms with Crippen LogP contribution in [0.4, 0.5) is 0 Å². The average molecular weight is 377 g/mol. The van der Waals surface area contributed by atoms with Crippen molar-refractivity contribution >= 4 is 5.97 Å². The van der Waals surface area contributed by atoms with Crippen molar-refractivity contribution in [2.75, 3.05) is 6.61 Å². The second kappa shape index (κ2) is 5.95. The Balaban J connectivity index is 1.44. The summed E-state index contributed by atoms with van der Waals surface area (Å²) in [5, 5.41) is 22.3. The van der Waals surface area contributed by atoms with Gasteiger partial charge in [-0.25, -0.2) is 0 Å². The molecule has 152 valence electrons. The van der Waals surface area contributed by atoms with E-state index in [4.69, 9.17) is 4.74 Å². The van der Waals surface area contributed by atoms with Crippen LogP contribution in [0.5, 0.6) is 0 Å². The fraction of sp³-hybridized carbons (Fsp3) is 0.957. The number of esters is 1. The molecular weight excluding hydrogens is 340 g/mol. The van der Waals surface area contributed by atoms with E-state index in [1.54, 1.807) is 0 Å². The van der Waals surface area contributed by atoms with E-state index in [1.807, 2.05) is 0 Å². The van der Waals surface area contributed by atoms with Crippen molar-refractivity contribution in [2.24, 2.45) is 40.4 Å². The predicted octanol–water partition coefficient (Wildman–Crippen LogP) is 3.68. The number of fused-ring (bicyclic) bond motifs is 5. The Kier molecular flexibility index (Phi) is 4.06. The molecule has 5 rings (SSSR count). The molecule has 4 nitrogen and oxygen atoms in total. The molecule has 2 N–H and O–H groups in total. The first-order chi connectivity index (χ1) is 12.8. The van der Waals surface area contributed by atoms with Crippen molar-refractivity contribution in [3.8, 4) is 0 Å². The minimum atomic E-state index is -0.587. The Labute approximate surface area is 163 Å². The minimum Gasteiger partial charge on any atom is -0.465 e. The molecule has 1 saturated heterocycles. The molecule has 9 atom stereocenters. The van der Waals surface area contributed by atoms with Crippen LogP contribution in [0.25, 0.3) is 0 Å². The van der Waals surface area contributed by atoms with E-state index >= 15 is 0 Å². The zero-order chi connectivity index (χ0) is 19.0. The number of hydrogen-bond acceptors (Lipinski definition) is 4. The van der Waals surface area contributed by atoms with Gasteiger partial charge < -0.3 is 14.9 Å². The maximum atomic E-state index is 12.1. The van der Waals surface area contributed by atoms with Crippen molar-refractivity contribution in [1.82, 2.24) is 0 Å². The Bertz CT molecular complexity index is 634. The highest BCUT2D eigenvalue weighted by molar-refractivity contribution is 5.71. The molecule has 1 aliphatic heterocycles. The molecule has 27 heavy (non-hydrogen) atoms. The van der Waals surface area contributed by atoms with Gasteiger partial charge in [0.1, 0.15) is 0 Å². The van der Waals surface area contributed by atoms with Crippen molar-refractivity contribution < 1.29 is 19.7 Å². The van der Waals surface area contributed by atoms with E-state index in [0.29, 0.717) is 42.6 Å². The van der Waals surface area contributed by atoms with E-state index < -0.39 is 5.60 Å². The van der Waals surface area contributed by atoms with Crippen LogP contribution in [0, 0.1) is 40.4 Å². The van der Waals surface area contributed by atoms with Crippen molar-refractivity contribution in [3.63, 3.8) is 0 Å². The molecule has 1 heterocycles. The molecule has 0 aromatic carbocycles. The molecule has 0 bridgehead atoms. The lowest BCUT2D eigenvalue weighted by Crippen LogP contribution is -2.62. The number of aliphatic hydroxyl groups excluding tert-OH is 1. The van der Waals surface area contributed by atoms with Crippen molar-refractivity contribution in [3.05, 3.63) is 0 Å². The van der Waals surface area contributed by atoms with Gasteiger partial charge >= 0.3 is 5.97 Å². The quantitative estimate of drug-likeness (QED) is 0.685. The molecule has 4 aliphatic carbocycles. The smallest absolute Gasteiger partial charge is 0.306 e. The second-order valence-electron chi connectivity index (χ2n) is 11.1. The zero-order valence-corrected chi connectivity index (χ0v) is 17.0. The average Bonchev–Trinajstić information content (AvgIpc) is 3.16. The number of carbonyl (C=O) groups is 1. The van der Waals surface area contributed by atoms with E-state index in [0.717, 1.165) is 51.4 Å². The fourth-order valence-corrected chi connectivity index (χ4v) is 8.79. The second-order valence-corrected chi connectivity index (χ2v) is 11.1. The monoisotopic (exact) mass is 376 g/mol. The van der Waals surface area contributed by atoms with Gasteiger partial charge in [0.05, 0.1) is 24.7 Å². The van der Waals surface area contributed by atoms with Crippen LogP contribution in [0.1, 0.15) is 78.1 Å². The first-order valence-electron chi connectivity index (χ1n) is 11.3. The summed E-state index contributed by atoms with van der Waals surface area (Å²) >= 11 is 0. The molecule has 4 saturated carbocycles. The largest absolute Gasteiger partial charge is 0.465 e. The molecule has 4 unspecified atom stereocenters. The van der Waals surface area contributed by atoms with Gasteiger partial charge in [-0.2, -0.15) is 0 Å². The maximum Gasteiger partial charge on any atom is 0.306 e. The summed E-state index contributed by atoms with van der Waals surface area (Å²) in [6, 6.07) is 0. The SMILES string of the molecule is C[C@]12CC[C@@H](O)C[C@H]1CCC1C2CC[C@]2(C)C(C3COC(=O)C3)CC[C@]12O. The third kappa shape index (κ3) is 2.38. The molecule has 0 aromatic rings. The highest BCUT2D eigenvalue weighted by Crippen LogP contribution is 2.70. The van der Waals surface area contributed by atoms with Gasteiger partial charge in [0, 0.05) is 5.92 Å². The van der Waals surface area contributed by atoms with E-state index in [1.165, 1.54) is 6.42 Å². The standard InChI is InChI=1S/C23H36O4/c1-21-8-5-16(24)12-15(21)3-4-19-18(21)6-9-22(2)17(7-10-23(19,22)26)14-11-20(25)27-13-14/h14-19,24,26H,3-13H2,1-2H3/t14?,15-,16-,17?,18?,19?,21+,22-,23+/m1/s1. The van der Waals surface area contributed by atoms with Crippen LogP contribution in [-0.2, 0) is 9.53 Å². The third-order valence-corrected chi connectivity index (χ3v) is 10.4. The van der Waals surface area contributed by atoms with E-state index in [9.17, 15) is 15.0 Å². The molecule has 4 heteroatoms. The van der Waals surface area contributed by atoms with Gasteiger partial charge in [0.2, 0.25) is 0 Å². The van der Waals surface area contributed by atoms with Crippen molar-refractivity contribution in [2.45, 2.75) is 89.8 Å². The Morgan fingerprint density at radius 3 is 2.48 bits per heavy atom. The fourth-order valence-electron chi connectivity index (χ4n) is 8.79. The van der Waals surface area contributed by atoms with Crippen LogP contribution >= 0.6 is 0 Å². The molecule has 0 amide bonds. The third-order valence-electron chi connectivity index (χ3n) is 10.4. The lowest BCUT2D eigenvalue weighted by Gasteiger charge is -2.63. The number of rotatable bonds is 1. The van der Waals surface area contributed by atoms with Gasteiger partial charge in [-0.05, 0) is 92.3 Å². The summed E-state index contributed by atoms with van der Waals surface area (Å²) in [4.78, 5) is 11.7. The van der Waals surface area contributed by atoms with Gasteiger partial charge in [-0.15, -0.1) is 0 Å². The summed E-state index contributed by atoms with van der Waals surface area (Å²) in [7, 11) is 0. The number of ether oxygens (including phenoxy) is 1. The van der Waals surface area contributed by atoms with E-state index in [-0.39, 0.29) is 22.9 Å². The Morgan fingerprint density at radius 2 is 1.74 bits per heavy atom. The maximum absolute atomic E-state index is 12.1. The normalized spacial score (nSPS) is 57.6. The van der Waals surface area contributed by atoms with Gasteiger partial charge in [-0.1, -0.05) is 13.8 Å². The Hall–Kier alpha value is -0.610. The Morgan fingerprint density at radius 1 is 0.963 bits per heavy atom. The number of aliphatic hydroxyl groups is 2. The molecule has 0 spiro atoms. The molecule has 5 aliphatic rings. The first kappa shape index (κ1) is 18.4. The van der Waals surface area contributed by atoms with Crippen LogP contribution in [0.2, 0.25) is 0 Å². The summed E-state index contributed by atoms with van der Waals surface area (Å²) < 4.78 is 5.29. The molecule has 0 radical (unpaired) electrons. The summed E-state index contributed by atoms with van der Waals surface area (Å²) in [6.45, 7) is 5.34. The zero-order valence-electron chi connectivity index (χ0n) is 17.0.